The highest BCUT2D eigenvalue weighted by Gasteiger charge is 2.39. The molecule has 236 valence electrons. The smallest absolute Gasteiger partial charge is 0.258 e. The molecule has 2 aromatic rings. The van der Waals surface area contributed by atoms with Crippen LogP contribution in [0.25, 0.3) is 0 Å². The van der Waals surface area contributed by atoms with Crippen molar-refractivity contribution >= 4 is 23.6 Å². The van der Waals surface area contributed by atoms with Crippen molar-refractivity contribution in [3.63, 3.8) is 0 Å². The third kappa shape index (κ3) is 7.72. The first-order valence-electron chi connectivity index (χ1n) is 15.4. The Hall–Kier alpha value is -4.03. The number of rotatable bonds is 3. The van der Waals surface area contributed by atoms with Gasteiger partial charge in [0.25, 0.3) is 5.91 Å². The van der Waals surface area contributed by atoms with Crippen molar-refractivity contribution in [3.8, 4) is 5.75 Å². The van der Waals surface area contributed by atoms with Crippen LogP contribution in [0.1, 0.15) is 43.7 Å². The average Bonchev–Trinajstić information content (AvgIpc) is 3.53. The fourth-order valence-corrected chi connectivity index (χ4v) is 6.43. The maximum absolute atomic E-state index is 13.3. The summed E-state index contributed by atoms with van der Waals surface area (Å²) in [7, 11) is 0. The molecule has 2 saturated heterocycles. The quantitative estimate of drug-likeness (QED) is 0.392. The van der Waals surface area contributed by atoms with Gasteiger partial charge in [0.15, 0.2) is 6.61 Å². The summed E-state index contributed by atoms with van der Waals surface area (Å²) < 4.78 is 5.80. The van der Waals surface area contributed by atoms with Gasteiger partial charge in [0.2, 0.25) is 17.7 Å². The van der Waals surface area contributed by atoms with Gasteiger partial charge in [-0.15, -0.1) is 0 Å². The highest BCUT2D eigenvalue weighted by molar-refractivity contribution is 5.94. The van der Waals surface area contributed by atoms with Crippen molar-refractivity contribution in [3.05, 3.63) is 59.9 Å². The maximum Gasteiger partial charge on any atom is 0.258 e. The monoisotopic (exact) mass is 606 g/mol. The zero-order valence-corrected chi connectivity index (χ0v) is 25.2. The van der Waals surface area contributed by atoms with Gasteiger partial charge in [0, 0.05) is 32.0 Å². The molecule has 5 rings (SSSR count). The summed E-state index contributed by atoms with van der Waals surface area (Å²) in [6, 6.07) is 8.80. The number of carbonyl (C=O) groups is 4. The molecular weight excluding hydrogens is 564 g/mol. The number of benzene rings is 1. The molecule has 4 N–H and O–H groups in total. The molecule has 44 heavy (non-hydrogen) atoms. The van der Waals surface area contributed by atoms with Crippen molar-refractivity contribution in [2.45, 2.75) is 63.7 Å². The maximum atomic E-state index is 13.3. The lowest BCUT2D eigenvalue weighted by Crippen LogP contribution is -2.57. The van der Waals surface area contributed by atoms with Crippen molar-refractivity contribution in [1.29, 1.82) is 0 Å². The summed E-state index contributed by atoms with van der Waals surface area (Å²) in [6.45, 7) is 3.94. The molecule has 12 nitrogen and oxygen atoms in total. The van der Waals surface area contributed by atoms with E-state index in [4.69, 9.17) is 4.74 Å². The number of aliphatic hydroxyl groups excluding tert-OH is 1. The van der Waals surface area contributed by atoms with E-state index in [1.807, 2.05) is 30.3 Å². The van der Waals surface area contributed by atoms with Crippen molar-refractivity contribution in [2.75, 3.05) is 39.4 Å². The van der Waals surface area contributed by atoms with Crippen LogP contribution in [0.2, 0.25) is 0 Å². The molecule has 0 saturated carbocycles. The van der Waals surface area contributed by atoms with E-state index in [1.54, 1.807) is 25.4 Å². The Labute approximate surface area is 257 Å². The number of piperidine rings is 1. The molecule has 1 aromatic heterocycles. The minimum atomic E-state index is -1.15. The van der Waals surface area contributed by atoms with E-state index in [0.29, 0.717) is 38.1 Å². The molecule has 3 aliphatic rings. The van der Waals surface area contributed by atoms with Gasteiger partial charge in [-0.05, 0) is 92.9 Å². The van der Waals surface area contributed by atoms with Gasteiger partial charge in [-0.2, -0.15) is 0 Å². The number of ether oxygens (including phenoxy) is 1. The van der Waals surface area contributed by atoms with Gasteiger partial charge in [-0.25, -0.2) is 0 Å². The molecule has 3 aliphatic heterocycles. The normalized spacial score (nSPS) is 25.5. The molecule has 4 heterocycles. The van der Waals surface area contributed by atoms with E-state index in [0.717, 1.165) is 38.0 Å². The molecule has 4 amide bonds. The third-order valence-electron chi connectivity index (χ3n) is 8.96. The van der Waals surface area contributed by atoms with Crippen LogP contribution in [0.4, 0.5) is 0 Å². The Balaban J connectivity index is 1.37. The largest absolute Gasteiger partial charge is 0.484 e. The lowest BCUT2D eigenvalue weighted by atomic mass is 9.73. The van der Waals surface area contributed by atoms with Crippen molar-refractivity contribution in [1.82, 2.24) is 30.7 Å². The first-order valence-corrected chi connectivity index (χ1v) is 15.4. The number of carbonyl (C=O) groups excluding carboxylic acids is 4. The molecule has 2 fully saturated rings. The average molecular weight is 607 g/mol. The molecule has 0 aliphatic carbocycles. The summed E-state index contributed by atoms with van der Waals surface area (Å²) in [4.78, 5) is 60.3. The van der Waals surface area contributed by atoms with E-state index in [1.165, 1.54) is 10.5 Å². The SMILES string of the molecule is C[C@@H]1NC(=O)COc2cccc(c2)CC2(CCN(Cc3ccncc3)CC2)CNC(=O)[C@H](CO)NC(=O)[C@@H]2CCCN2C1=O. The van der Waals surface area contributed by atoms with E-state index < -0.39 is 48.4 Å². The molecule has 0 radical (unpaired) electrons. The van der Waals surface area contributed by atoms with Crippen LogP contribution in [0.15, 0.2) is 48.8 Å². The Bertz CT molecular complexity index is 1330. The van der Waals surface area contributed by atoms with Crippen LogP contribution in [0, 0.1) is 5.41 Å². The topological polar surface area (TPSA) is 153 Å². The minimum Gasteiger partial charge on any atom is -0.484 e. The number of aromatic nitrogens is 1. The minimum absolute atomic E-state index is 0.256. The number of pyridine rings is 1. The van der Waals surface area contributed by atoms with E-state index in [-0.39, 0.29) is 12.0 Å². The van der Waals surface area contributed by atoms with Gasteiger partial charge >= 0.3 is 0 Å². The number of nitrogens with zero attached hydrogens (tertiary/aromatic N) is 3. The fraction of sp³-hybridized carbons (Fsp3) is 0.531. The van der Waals surface area contributed by atoms with Crippen molar-refractivity contribution in [2.24, 2.45) is 5.41 Å². The summed E-state index contributed by atoms with van der Waals surface area (Å²) in [5.41, 5.74) is 1.92. The van der Waals surface area contributed by atoms with Gasteiger partial charge in [-0.3, -0.25) is 29.1 Å². The predicted molar refractivity (Wildman–Crippen MR) is 161 cm³/mol. The van der Waals surface area contributed by atoms with Crippen LogP contribution in [-0.4, -0.2) is 101 Å². The van der Waals surface area contributed by atoms with Crippen molar-refractivity contribution < 1.29 is 29.0 Å². The standard InChI is InChI=1S/C32H42N6O6/c1-22-31(43)38-13-3-6-27(38)30(42)36-26(19-39)29(41)34-21-32(9-14-37(15-10-32)18-23-7-11-33-12-8-23)17-24-4-2-5-25(16-24)44-20-28(40)35-22/h2,4-5,7-8,11-12,16,22,26-27,39H,3,6,9-10,13-15,17-21H2,1H3,(H,34,41)(H,35,40)(H,36,42)/t22-,26-,27-/m0/s1. The number of likely N-dealkylation sites (tertiary alicyclic amines) is 1. The summed E-state index contributed by atoms with van der Waals surface area (Å²) in [5.74, 6) is -1.26. The van der Waals surface area contributed by atoms with Crippen LogP contribution < -0.4 is 20.7 Å². The molecule has 2 bridgehead atoms. The molecular formula is C32H42N6O6. The second kappa shape index (κ2) is 14.2. The molecule has 1 aromatic carbocycles. The summed E-state index contributed by atoms with van der Waals surface area (Å²) >= 11 is 0. The first-order chi connectivity index (χ1) is 21.2. The molecule has 1 spiro atoms. The molecule has 3 atom stereocenters. The second-order valence-corrected chi connectivity index (χ2v) is 12.2. The van der Waals surface area contributed by atoms with Crippen LogP contribution in [0.3, 0.4) is 0 Å². The summed E-state index contributed by atoms with van der Waals surface area (Å²) in [6.07, 6.45) is 6.93. The van der Waals surface area contributed by atoms with Gasteiger partial charge in [0.05, 0.1) is 6.61 Å². The Kier molecular flexibility index (Phi) is 10.1. The Morgan fingerprint density at radius 1 is 1.02 bits per heavy atom. The number of nitrogens with one attached hydrogen (secondary N) is 3. The van der Waals surface area contributed by atoms with Gasteiger partial charge in [-0.1, -0.05) is 12.1 Å². The zero-order chi connectivity index (χ0) is 31.1. The third-order valence-corrected chi connectivity index (χ3v) is 8.96. The number of amides is 4. The highest BCUT2D eigenvalue weighted by Crippen LogP contribution is 2.36. The Morgan fingerprint density at radius 2 is 1.80 bits per heavy atom. The van der Waals surface area contributed by atoms with E-state index in [9.17, 15) is 24.3 Å². The second-order valence-electron chi connectivity index (χ2n) is 12.2. The molecule has 0 unspecified atom stereocenters. The number of hydrogen-bond acceptors (Lipinski definition) is 8. The summed E-state index contributed by atoms with van der Waals surface area (Å²) in [5, 5.41) is 18.4. The lowest BCUT2D eigenvalue weighted by Gasteiger charge is -2.42. The van der Waals surface area contributed by atoms with Crippen LogP contribution in [0.5, 0.6) is 5.75 Å². The Morgan fingerprint density at radius 3 is 2.55 bits per heavy atom. The molecule has 12 heteroatoms. The van der Waals surface area contributed by atoms with Gasteiger partial charge in [0.1, 0.15) is 23.9 Å². The first kappa shape index (κ1) is 31.4. The van der Waals surface area contributed by atoms with Crippen LogP contribution in [-0.2, 0) is 32.1 Å². The van der Waals surface area contributed by atoms with E-state index >= 15 is 0 Å². The predicted octanol–water partition coefficient (Wildman–Crippen LogP) is 0.388. The lowest BCUT2D eigenvalue weighted by molar-refractivity contribution is -0.142. The van der Waals surface area contributed by atoms with Crippen LogP contribution >= 0.6 is 0 Å². The number of hydrogen-bond donors (Lipinski definition) is 4. The fourth-order valence-electron chi connectivity index (χ4n) is 6.43. The highest BCUT2D eigenvalue weighted by atomic mass is 16.5. The van der Waals surface area contributed by atoms with E-state index in [2.05, 4.69) is 25.8 Å². The zero-order valence-electron chi connectivity index (χ0n) is 25.2. The van der Waals surface area contributed by atoms with Gasteiger partial charge < -0.3 is 30.7 Å². The number of aliphatic hydroxyl groups is 1. The number of fused-ring (bicyclic) bond motifs is 3.